The molecule has 18 heavy (non-hydrogen) atoms. The highest BCUT2D eigenvalue weighted by atomic mass is 16.5. The average Bonchev–Trinajstić information content (AvgIpc) is 3.14. The largest absolute Gasteiger partial charge is 0.374 e. The van der Waals surface area contributed by atoms with E-state index in [0.717, 1.165) is 44.1 Å². The molecule has 0 radical (unpaired) electrons. The Balaban J connectivity index is 1.45. The molecule has 4 rings (SSSR count). The summed E-state index contributed by atoms with van der Waals surface area (Å²) >= 11 is 0. The van der Waals surface area contributed by atoms with E-state index in [-0.39, 0.29) is 0 Å². The first kappa shape index (κ1) is 10.9. The van der Waals surface area contributed by atoms with Gasteiger partial charge in [-0.15, -0.1) is 0 Å². The van der Waals surface area contributed by atoms with Crippen molar-refractivity contribution in [3.8, 4) is 0 Å². The molecular formula is C13H19N3O2. The first-order valence-electron chi connectivity index (χ1n) is 7.07. The number of nitrogens with one attached hydrogen (secondary N) is 1. The minimum absolute atomic E-state index is 0.341. The molecule has 0 saturated carbocycles. The second-order valence-corrected chi connectivity index (χ2v) is 5.83. The fourth-order valence-electron chi connectivity index (χ4n) is 3.55. The highest BCUT2D eigenvalue weighted by Crippen LogP contribution is 2.43. The molecule has 4 atom stereocenters. The summed E-state index contributed by atoms with van der Waals surface area (Å²) in [7, 11) is 0. The summed E-state index contributed by atoms with van der Waals surface area (Å²) in [5.41, 5.74) is 0. The number of nitrogens with zero attached hydrogens (tertiary/aromatic N) is 2. The molecular weight excluding hydrogens is 230 g/mol. The number of ether oxygens (including phenoxy) is 1. The Morgan fingerprint density at radius 1 is 1.28 bits per heavy atom. The second kappa shape index (κ2) is 4.31. The SMILES string of the molecule is C1CC(Cc2nc(C3CC4CCC3O4)no2)CN1. The van der Waals surface area contributed by atoms with E-state index in [1.165, 1.54) is 12.8 Å². The molecule has 1 aromatic rings. The van der Waals surface area contributed by atoms with Crippen LogP contribution in [0.1, 0.15) is 43.3 Å². The van der Waals surface area contributed by atoms with Crippen LogP contribution < -0.4 is 5.32 Å². The molecule has 4 heterocycles. The van der Waals surface area contributed by atoms with Crippen molar-refractivity contribution >= 4 is 0 Å². The predicted octanol–water partition coefficient (Wildman–Crippen LogP) is 1.26. The van der Waals surface area contributed by atoms with Crippen LogP contribution in [0.15, 0.2) is 4.52 Å². The fraction of sp³-hybridized carbons (Fsp3) is 0.846. The molecule has 4 unspecified atom stereocenters. The van der Waals surface area contributed by atoms with Crippen molar-refractivity contribution in [2.24, 2.45) is 5.92 Å². The number of fused-ring (bicyclic) bond motifs is 2. The van der Waals surface area contributed by atoms with E-state index in [0.29, 0.717) is 24.0 Å². The quantitative estimate of drug-likeness (QED) is 0.873. The van der Waals surface area contributed by atoms with Gasteiger partial charge in [-0.25, -0.2) is 0 Å². The van der Waals surface area contributed by atoms with Crippen molar-refractivity contribution in [1.29, 1.82) is 0 Å². The van der Waals surface area contributed by atoms with Crippen LogP contribution in [0.5, 0.6) is 0 Å². The van der Waals surface area contributed by atoms with Crippen LogP contribution in [0, 0.1) is 5.92 Å². The molecule has 5 nitrogen and oxygen atoms in total. The van der Waals surface area contributed by atoms with E-state index in [1.54, 1.807) is 0 Å². The van der Waals surface area contributed by atoms with Crippen LogP contribution in [-0.4, -0.2) is 35.4 Å². The monoisotopic (exact) mass is 249 g/mol. The second-order valence-electron chi connectivity index (χ2n) is 5.83. The molecule has 0 aliphatic carbocycles. The van der Waals surface area contributed by atoms with Crippen LogP contribution in [0.3, 0.4) is 0 Å². The molecule has 2 bridgehead atoms. The van der Waals surface area contributed by atoms with Gasteiger partial charge in [0.1, 0.15) is 0 Å². The molecule has 98 valence electrons. The van der Waals surface area contributed by atoms with Crippen molar-refractivity contribution in [1.82, 2.24) is 15.5 Å². The van der Waals surface area contributed by atoms with Gasteiger partial charge in [0.2, 0.25) is 5.89 Å². The molecule has 3 saturated heterocycles. The van der Waals surface area contributed by atoms with Gasteiger partial charge in [0.05, 0.1) is 18.1 Å². The first-order chi connectivity index (χ1) is 8.88. The summed E-state index contributed by atoms with van der Waals surface area (Å²) in [5, 5.41) is 7.54. The van der Waals surface area contributed by atoms with Gasteiger partial charge in [-0.3, -0.25) is 0 Å². The van der Waals surface area contributed by atoms with Crippen molar-refractivity contribution in [2.45, 2.75) is 50.2 Å². The molecule has 0 aromatic carbocycles. The van der Waals surface area contributed by atoms with Crippen molar-refractivity contribution < 1.29 is 9.26 Å². The lowest BCUT2D eigenvalue weighted by atomic mass is 9.89. The van der Waals surface area contributed by atoms with E-state index in [1.807, 2.05) is 0 Å². The van der Waals surface area contributed by atoms with Crippen molar-refractivity contribution in [3.05, 3.63) is 11.7 Å². The highest BCUT2D eigenvalue weighted by Gasteiger charge is 2.43. The average molecular weight is 249 g/mol. The van der Waals surface area contributed by atoms with Gasteiger partial charge >= 0.3 is 0 Å². The van der Waals surface area contributed by atoms with E-state index < -0.39 is 0 Å². The van der Waals surface area contributed by atoms with Crippen molar-refractivity contribution in [3.63, 3.8) is 0 Å². The zero-order valence-electron chi connectivity index (χ0n) is 10.5. The Kier molecular flexibility index (Phi) is 2.62. The Hall–Kier alpha value is -0.940. The van der Waals surface area contributed by atoms with E-state index in [9.17, 15) is 0 Å². The third-order valence-corrected chi connectivity index (χ3v) is 4.55. The summed E-state index contributed by atoms with van der Waals surface area (Å²) in [6.07, 6.45) is 6.37. The van der Waals surface area contributed by atoms with Crippen LogP contribution in [0.25, 0.3) is 0 Å². The molecule has 3 aliphatic rings. The Labute approximate surface area is 106 Å². The topological polar surface area (TPSA) is 60.2 Å². The van der Waals surface area contributed by atoms with Crippen LogP contribution in [0.2, 0.25) is 0 Å². The maximum absolute atomic E-state index is 5.85. The van der Waals surface area contributed by atoms with Gasteiger partial charge in [-0.05, 0) is 44.7 Å². The van der Waals surface area contributed by atoms with Gasteiger partial charge in [-0.2, -0.15) is 4.98 Å². The minimum Gasteiger partial charge on any atom is -0.374 e. The molecule has 0 amide bonds. The zero-order valence-corrected chi connectivity index (χ0v) is 10.5. The lowest BCUT2D eigenvalue weighted by Gasteiger charge is -2.13. The fourth-order valence-corrected chi connectivity index (χ4v) is 3.55. The standard InChI is InChI=1S/C13H19N3O2/c1-2-11-10(6-9(1)17-11)13-15-12(18-16-13)5-8-3-4-14-7-8/h8-11,14H,1-7H2. The van der Waals surface area contributed by atoms with Gasteiger partial charge in [0.15, 0.2) is 5.82 Å². The Morgan fingerprint density at radius 2 is 2.28 bits per heavy atom. The van der Waals surface area contributed by atoms with Crippen LogP contribution >= 0.6 is 0 Å². The molecule has 5 heteroatoms. The summed E-state index contributed by atoms with van der Waals surface area (Å²) < 4.78 is 11.3. The predicted molar refractivity (Wildman–Crippen MR) is 64.2 cm³/mol. The van der Waals surface area contributed by atoms with Crippen LogP contribution in [-0.2, 0) is 11.2 Å². The summed E-state index contributed by atoms with van der Waals surface area (Å²) in [4.78, 5) is 4.59. The summed E-state index contributed by atoms with van der Waals surface area (Å²) in [5.74, 6) is 2.72. The minimum atomic E-state index is 0.341. The third-order valence-electron chi connectivity index (χ3n) is 4.55. The lowest BCUT2D eigenvalue weighted by molar-refractivity contribution is 0.0996. The number of aromatic nitrogens is 2. The highest BCUT2D eigenvalue weighted by molar-refractivity contribution is 5.07. The molecule has 1 N–H and O–H groups in total. The zero-order chi connectivity index (χ0) is 11.9. The van der Waals surface area contributed by atoms with Gasteiger partial charge in [0.25, 0.3) is 0 Å². The van der Waals surface area contributed by atoms with Crippen molar-refractivity contribution in [2.75, 3.05) is 13.1 Å². The summed E-state index contributed by atoms with van der Waals surface area (Å²) in [6.45, 7) is 2.20. The number of hydrogen-bond donors (Lipinski definition) is 1. The number of rotatable bonds is 3. The maximum atomic E-state index is 5.85. The smallest absolute Gasteiger partial charge is 0.226 e. The third kappa shape index (κ3) is 1.86. The van der Waals surface area contributed by atoms with Gasteiger partial charge < -0.3 is 14.6 Å². The lowest BCUT2D eigenvalue weighted by Crippen LogP contribution is -2.15. The van der Waals surface area contributed by atoms with Gasteiger partial charge in [0, 0.05) is 6.42 Å². The van der Waals surface area contributed by atoms with Crippen LogP contribution in [0.4, 0.5) is 0 Å². The molecule has 1 aromatic heterocycles. The summed E-state index contributed by atoms with van der Waals surface area (Å²) in [6, 6.07) is 0. The van der Waals surface area contributed by atoms with E-state index >= 15 is 0 Å². The van der Waals surface area contributed by atoms with E-state index in [4.69, 9.17) is 9.26 Å². The van der Waals surface area contributed by atoms with E-state index in [2.05, 4.69) is 15.5 Å². The van der Waals surface area contributed by atoms with Gasteiger partial charge in [-0.1, -0.05) is 5.16 Å². The normalized spacial score (nSPS) is 38.7. The Bertz CT molecular complexity index is 428. The Morgan fingerprint density at radius 3 is 3.00 bits per heavy atom. The molecule has 3 fully saturated rings. The maximum Gasteiger partial charge on any atom is 0.226 e. The number of hydrogen-bond acceptors (Lipinski definition) is 5. The molecule has 0 spiro atoms. The molecule has 3 aliphatic heterocycles. The first-order valence-corrected chi connectivity index (χ1v) is 7.07.